The Balaban J connectivity index is 1.49. The molecular formula is C21H17BrN4O3. The summed E-state index contributed by atoms with van der Waals surface area (Å²) in [5, 5.41) is 7.02. The summed E-state index contributed by atoms with van der Waals surface area (Å²) in [6.45, 7) is 2.00. The van der Waals surface area contributed by atoms with Crippen LogP contribution in [-0.2, 0) is 11.3 Å². The predicted octanol–water partition coefficient (Wildman–Crippen LogP) is 3.32. The van der Waals surface area contributed by atoms with Gasteiger partial charge >= 0.3 is 0 Å². The van der Waals surface area contributed by atoms with Gasteiger partial charge in [0.05, 0.1) is 23.9 Å². The fraction of sp³-hybridized carbons (Fsp3) is 0.143. The number of amides is 3. The van der Waals surface area contributed by atoms with E-state index in [2.05, 4.69) is 26.3 Å². The summed E-state index contributed by atoms with van der Waals surface area (Å²) in [7, 11) is 0. The maximum absolute atomic E-state index is 12.8. The van der Waals surface area contributed by atoms with Gasteiger partial charge in [0.1, 0.15) is 11.9 Å². The van der Waals surface area contributed by atoms with Crippen molar-refractivity contribution in [1.29, 1.82) is 0 Å². The van der Waals surface area contributed by atoms with E-state index in [9.17, 15) is 14.4 Å². The van der Waals surface area contributed by atoms with Crippen LogP contribution in [0.15, 0.2) is 65.3 Å². The fourth-order valence-electron chi connectivity index (χ4n) is 3.24. The van der Waals surface area contributed by atoms with E-state index >= 15 is 0 Å². The number of hydrogen-bond donors (Lipinski definition) is 1. The zero-order valence-electron chi connectivity index (χ0n) is 15.5. The van der Waals surface area contributed by atoms with E-state index in [0.29, 0.717) is 23.5 Å². The third-order valence-electron chi connectivity index (χ3n) is 4.81. The van der Waals surface area contributed by atoms with Crippen LogP contribution in [0.5, 0.6) is 0 Å². The first-order valence-electron chi connectivity index (χ1n) is 9.00. The highest BCUT2D eigenvalue weighted by molar-refractivity contribution is 9.10. The SMILES string of the molecule is CC(C(=O)Nc1ccnn1Cc1ccc(Br)cc1)N1C(=O)c2ccccc2C1=O. The summed E-state index contributed by atoms with van der Waals surface area (Å²) in [6, 6.07) is 15.1. The first kappa shape index (κ1) is 19.1. The Morgan fingerprint density at radius 1 is 1.03 bits per heavy atom. The average Bonchev–Trinajstić information content (AvgIpc) is 3.25. The van der Waals surface area contributed by atoms with Crippen LogP contribution in [0.4, 0.5) is 5.82 Å². The van der Waals surface area contributed by atoms with Gasteiger partial charge < -0.3 is 5.32 Å². The molecule has 1 unspecified atom stereocenters. The topological polar surface area (TPSA) is 84.3 Å². The first-order chi connectivity index (χ1) is 14.0. The van der Waals surface area contributed by atoms with E-state index < -0.39 is 23.8 Å². The number of benzene rings is 2. The molecule has 2 heterocycles. The highest BCUT2D eigenvalue weighted by Gasteiger charge is 2.40. The fourth-order valence-corrected chi connectivity index (χ4v) is 3.50. The van der Waals surface area contributed by atoms with Crippen molar-refractivity contribution < 1.29 is 14.4 Å². The average molecular weight is 453 g/mol. The van der Waals surface area contributed by atoms with E-state index in [0.717, 1.165) is 14.9 Å². The molecule has 0 aliphatic carbocycles. The van der Waals surface area contributed by atoms with Crippen LogP contribution in [0.2, 0.25) is 0 Å². The van der Waals surface area contributed by atoms with Crippen molar-refractivity contribution >= 4 is 39.5 Å². The summed E-state index contributed by atoms with van der Waals surface area (Å²) in [4.78, 5) is 39.0. The van der Waals surface area contributed by atoms with Crippen molar-refractivity contribution in [3.63, 3.8) is 0 Å². The summed E-state index contributed by atoms with van der Waals surface area (Å²) >= 11 is 3.40. The number of nitrogens with one attached hydrogen (secondary N) is 1. The molecule has 0 spiro atoms. The second-order valence-corrected chi connectivity index (χ2v) is 7.61. The van der Waals surface area contributed by atoms with Crippen molar-refractivity contribution in [3.05, 3.63) is 82.0 Å². The number of rotatable bonds is 5. The van der Waals surface area contributed by atoms with Crippen LogP contribution in [-0.4, -0.2) is 38.4 Å². The molecule has 3 amide bonds. The largest absolute Gasteiger partial charge is 0.309 e. The van der Waals surface area contributed by atoms with Gasteiger partial charge in [-0.05, 0) is 36.8 Å². The smallest absolute Gasteiger partial charge is 0.262 e. The van der Waals surface area contributed by atoms with Crippen LogP contribution in [0.25, 0.3) is 0 Å². The van der Waals surface area contributed by atoms with Gasteiger partial charge in [-0.15, -0.1) is 0 Å². The lowest BCUT2D eigenvalue weighted by Gasteiger charge is -2.21. The second kappa shape index (κ2) is 7.63. The molecular weight excluding hydrogens is 436 g/mol. The van der Waals surface area contributed by atoms with E-state index in [1.807, 2.05) is 24.3 Å². The minimum atomic E-state index is -0.960. The maximum Gasteiger partial charge on any atom is 0.262 e. The molecule has 3 aromatic rings. The van der Waals surface area contributed by atoms with Gasteiger partial charge in [-0.3, -0.25) is 19.3 Å². The van der Waals surface area contributed by atoms with Crippen molar-refractivity contribution in [2.45, 2.75) is 19.5 Å². The number of fused-ring (bicyclic) bond motifs is 1. The molecule has 0 saturated heterocycles. The summed E-state index contributed by atoms with van der Waals surface area (Å²) in [5.74, 6) is -0.897. The summed E-state index contributed by atoms with van der Waals surface area (Å²) in [5.41, 5.74) is 1.65. The molecule has 1 aliphatic heterocycles. The normalized spacial score (nSPS) is 14.1. The van der Waals surface area contributed by atoms with Crippen LogP contribution in [0.3, 0.4) is 0 Å². The molecule has 2 aromatic carbocycles. The highest BCUT2D eigenvalue weighted by atomic mass is 79.9. The third-order valence-corrected chi connectivity index (χ3v) is 5.33. The van der Waals surface area contributed by atoms with E-state index in [1.165, 1.54) is 6.92 Å². The lowest BCUT2D eigenvalue weighted by Crippen LogP contribution is -2.45. The number of anilines is 1. The van der Waals surface area contributed by atoms with Gasteiger partial charge in [0, 0.05) is 10.5 Å². The molecule has 1 N–H and O–H groups in total. The molecule has 0 radical (unpaired) electrons. The van der Waals surface area contributed by atoms with Gasteiger partial charge in [0.15, 0.2) is 0 Å². The van der Waals surface area contributed by atoms with Crippen molar-refractivity contribution in [1.82, 2.24) is 14.7 Å². The van der Waals surface area contributed by atoms with E-state index in [1.54, 1.807) is 41.2 Å². The minimum absolute atomic E-state index is 0.317. The number of nitrogens with zero attached hydrogens (tertiary/aromatic N) is 3. The van der Waals surface area contributed by atoms with E-state index in [4.69, 9.17) is 0 Å². The number of aromatic nitrogens is 2. The minimum Gasteiger partial charge on any atom is -0.309 e. The lowest BCUT2D eigenvalue weighted by molar-refractivity contribution is -0.119. The maximum atomic E-state index is 12.8. The number of carbonyl (C=O) groups excluding carboxylic acids is 3. The van der Waals surface area contributed by atoms with Gasteiger partial charge in [-0.25, -0.2) is 4.68 Å². The van der Waals surface area contributed by atoms with Crippen LogP contribution < -0.4 is 5.32 Å². The van der Waals surface area contributed by atoms with Crippen LogP contribution >= 0.6 is 15.9 Å². The Morgan fingerprint density at radius 3 is 2.28 bits per heavy atom. The quantitative estimate of drug-likeness (QED) is 0.601. The van der Waals surface area contributed by atoms with E-state index in [-0.39, 0.29) is 0 Å². The number of halogens is 1. The van der Waals surface area contributed by atoms with Crippen molar-refractivity contribution in [2.75, 3.05) is 5.32 Å². The molecule has 4 rings (SSSR count). The van der Waals surface area contributed by atoms with Crippen LogP contribution in [0, 0.1) is 0 Å². The number of imide groups is 1. The number of hydrogen-bond acceptors (Lipinski definition) is 4. The molecule has 29 heavy (non-hydrogen) atoms. The Hall–Kier alpha value is -3.26. The highest BCUT2D eigenvalue weighted by Crippen LogP contribution is 2.25. The summed E-state index contributed by atoms with van der Waals surface area (Å²) in [6.07, 6.45) is 1.58. The molecule has 0 saturated carbocycles. The Labute approximate surface area is 175 Å². The molecule has 1 aliphatic rings. The van der Waals surface area contributed by atoms with Gasteiger partial charge in [-0.1, -0.05) is 40.2 Å². The monoisotopic (exact) mass is 452 g/mol. The standard InChI is InChI=1S/C21H17BrN4O3/c1-13(26-20(28)16-4-2-3-5-17(16)21(26)29)19(27)24-18-10-11-23-25(18)12-14-6-8-15(22)9-7-14/h2-11,13H,12H2,1H3,(H,24,27). The Bertz CT molecular complexity index is 1070. The molecule has 7 nitrogen and oxygen atoms in total. The molecule has 146 valence electrons. The van der Waals surface area contributed by atoms with Gasteiger partial charge in [0.25, 0.3) is 11.8 Å². The lowest BCUT2D eigenvalue weighted by atomic mass is 10.1. The summed E-state index contributed by atoms with van der Waals surface area (Å²) < 4.78 is 2.63. The molecule has 0 bridgehead atoms. The molecule has 0 fully saturated rings. The predicted molar refractivity (Wildman–Crippen MR) is 111 cm³/mol. The number of carbonyl (C=O) groups is 3. The zero-order valence-corrected chi connectivity index (χ0v) is 17.1. The molecule has 1 aromatic heterocycles. The third kappa shape index (κ3) is 3.58. The van der Waals surface area contributed by atoms with Crippen molar-refractivity contribution in [2.24, 2.45) is 0 Å². The molecule has 8 heteroatoms. The first-order valence-corrected chi connectivity index (χ1v) is 9.79. The van der Waals surface area contributed by atoms with Gasteiger partial charge in [0.2, 0.25) is 5.91 Å². The van der Waals surface area contributed by atoms with Crippen LogP contribution in [0.1, 0.15) is 33.2 Å². The molecule has 1 atom stereocenters. The zero-order chi connectivity index (χ0) is 20.5. The van der Waals surface area contributed by atoms with Crippen molar-refractivity contribution in [3.8, 4) is 0 Å². The second-order valence-electron chi connectivity index (χ2n) is 6.69. The van der Waals surface area contributed by atoms with Gasteiger partial charge in [-0.2, -0.15) is 5.10 Å². The Morgan fingerprint density at radius 2 is 1.66 bits per heavy atom. The Kier molecular flexibility index (Phi) is 5.02.